The summed E-state index contributed by atoms with van der Waals surface area (Å²) in [6, 6.07) is 10.2. The van der Waals surface area contributed by atoms with Crippen LogP contribution >= 0.6 is 11.8 Å². The van der Waals surface area contributed by atoms with E-state index in [9.17, 15) is 0 Å². The van der Waals surface area contributed by atoms with Crippen LogP contribution in [-0.2, 0) is 0 Å². The van der Waals surface area contributed by atoms with Gasteiger partial charge in [-0.15, -0.1) is 6.92 Å². The zero-order valence-electron chi connectivity index (χ0n) is 8.71. The van der Waals surface area contributed by atoms with E-state index in [1.54, 1.807) is 11.8 Å². The van der Waals surface area contributed by atoms with E-state index >= 15 is 0 Å². The van der Waals surface area contributed by atoms with Crippen LogP contribution in [0.2, 0.25) is 0 Å². The van der Waals surface area contributed by atoms with Crippen LogP contribution in [0.1, 0.15) is 6.92 Å². The Labute approximate surface area is 171 Å². The van der Waals surface area contributed by atoms with Crippen LogP contribution in [0.15, 0.2) is 35.2 Å². The molecule has 0 aromatic heterocycles. The second kappa shape index (κ2) is 8.93. The van der Waals surface area contributed by atoms with E-state index in [4.69, 9.17) is 0 Å². The molecular weight excluding hydrogens is 230 g/mol. The summed E-state index contributed by atoms with van der Waals surface area (Å²) in [7, 11) is 0. The second-order valence-electron chi connectivity index (χ2n) is 2.87. The third-order valence-electron chi connectivity index (χ3n) is 1.11. The first-order valence-electron chi connectivity index (χ1n) is 3.53. The topological polar surface area (TPSA) is 0 Å². The Morgan fingerprint density at radius 3 is 1.92 bits per heavy atom. The van der Waals surface area contributed by atoms with Gasteiger partial charge < -0.3 is 13.8 Å². The molecule has 0 fully saturated rings. The van der Waals surface area contributed by atoms with Crippen LogP contribution < -0.4 is 103 Å². The third-order valence-corrected chi connectivity index (χ3v) is 2.11. The molecular formula is C10H12K2S. The van der Waals surface area contributed by atoms with Crippen molar-refractivity contribution in [1.29, 1.82) is 0 Å². The fourth-order valence-electron chi connectivity index (χ4n) is 0.773. The molecule has 0 aliphatic rings. The summed E-state index contributed by atoms with van der Waals surface area (Å²) in [4.78, 5) is 1.22. The minimum absolute atomic E-state index is 0. The summed E-state index contributed by atoms with van der Waals surface area (Å²) in [5.41, 5.74) is 0. The summed E-state index contributed by atoms with van der Waals surface area (Å²) < 4.78 is -0.179. The van der Waals surface area contributed by atoms with Crippen molar-refractivity contribution >= 4 is 11.8 Å². The maximum atomic E-state index is 3.92. The van der Waals surface area contributed by atoms with Crippen LogP contribution in [0.5, 0.6) is 0 Å². The van der Waals surface area contributed by atoms with Crippen LogP contribution in [0.25, 0.3) is 0 Å². The monoisotopic (exact) mass is 242 g/mol. The number of hydrogen-bond donors (Lipinski definition) is 0. The Kier molecular flexibility index (Phi) is 12.5. The van der Waals surface area contributed by atoms with Crippen molar-refractivity contribution in [3.63, 3.8) is 0 Å². The van der Waals surface area contributed by atoms with Crippen molar-refractivity contribution < 1.29 is 103 Å². The summed E-state index contributed by atoms with van der Waals surface area (Å²) in [5, 5.41) is 0. The van der Waals surface area contributed by atoms with E-state index in [0.29, 0.717) is 0 Å². The van der Waals surface area contributed by atoms with Gasteiger partial charge in [0.1, 0.15) is 0 Å². The predicted octanol–water partition coefficient (Wildman–Crippen LogP) is -2.79. The van der Waals surface area contributed by atoms with Gasteiger partial charge in [0.05, 0.1) is 0 Å². The van der Waals surface area contributed by atoms with E-state index < -0.39 is 0 Å². The molecule has 13 heavy (non-hydrogen) atoms. The largest absolute Gasteiger partial charge is 1.00 e. The van der Waals surface area contributed by atoms with Gasteiger partial charge in [-0.3, -0.25) is 0 Å². The van der Waals surface area contributed by atoms with Crippen LogP contribution in [-0.4, -0.2) is 4.75 Å². The van der Waals surface area contributed by atoms with Gasteiger partial charge in [0, 0.05) is 4.90 Å². The van der Waals surface area contributed by atoms with Gasteiger partial charge >= 0.3 is 103 Å². The zero-order chi connectivity index (χ0) is 8.32. The zero-order valence-corrected chi connectivity index (χ0v) is 15.8. The Morgan fingerprint density at radius 1 is 1.08 bits per heavy atom. The Morgan fingerprint density at radius 2 is 1.54 bits per heavy atom. The van der Waals surface area contributed by atoms with E-state index in [1.807, 2.05) is 25.1 Å². The molecule has 0 nitrogen and oxygen atoms in total. The number of rotatable bonds is 2. The Bertz CT molecular complexity index is 216. The SMILES string of the molecule is [CH2-]C([CH2-])(C)Sc1ccccc1.[K+].[K+]. The molecule has 0 heterocycles. The number of thioether (sulfide) groups is 1. The molecule has 0 unspecified atom stereocenters. The standard InChI is InChI=1S/C10H12S.2K/c1-10(2,3)11-9-7-5-4-6-8-9;;/h4-8H,1-2H2,3H3;;/q-2;2*+1. The average Bonchev–Trinajstić information content (AvgIpc) is 1.85. The number of benzene rings is 1. The van der Waals surface area contributed by atoms with Crippen molar-refractivity contribution in [1.82, 2.24) is 0 Å². The van der Waals surface area contributed by atoms with Gasteiger partial charge in [-0.1, -0.05) is 18.2 Å². The second-order valence-corrected chi connectivity index (χ2v) is 4.53. The molecule has 1 aromatic rings. The van der Waals surface area contributed by atoms with Crippen molar-refractivity contribution in [2.24, 2.45) is 0 Å². The number of hydrogen-bond acceptors (Lipinski definition) is 1. The minimum Gasteiger partial charge on any atom is -0.357 e. The maximum absolute atomic E-state index is 3.92. The minimum atomic E-state index is -0.179. The van der Waals surface area contributed by atoms with Crippen molar-refractivity contribution in [2.45, 2.75) is 16.6 Å². The fourth-order valence-corrected chi connectivity index (χ4v) is 1.64. The molecule has 0 spiro atoms. The normalized spacial score (nSPS) is 9.77. The first-order valence-corrected chi connectivity index (χ1v) is 4.34. The van der Waals surface area contributed by atoms with Gasteiger partial charge in [0.2, 0.25) is 0 Å². The van der Waals surface area contributed by atoms with Gasteiger partial charge in [0.15, 0.2) is 0 Å². The van der Waals surface area contributed by atoms with Crippen molar-refractivity contribution in [2.75, 3.05) is 0 Å². The van der Waals surface area contributed by atoms with E-state index in [2.05, 4.69) is 26.0 Å². The molecule has 0 saturated heterocycles. The van der Waals surface area contributed by atoms with Crippen molar-refractivity contribution in [3.05, 3.63) is 44.2 Å². The molecule has 0 aliphatic carbocycles. The molecule has 60 valence electrons. The summed E-state index contributed by atoms with van der Waals surface area (Å²) in [6.07, 6.45) is 0. The molecule has 0 saturated carbocycles. The molecule has 0 bridgehead atoms. The van der Waals surface area contributed by atoms with Crippen LogP contribution in [0.4, 0.5) is 0 Å². The summed E-state index contributed by atoms with van der Waals surface area (Å²) >= 11 is 1.68. The first-order chi connectivity index (χ1) is 5.08. The molecule has 1 aromatic carbocycles. The fraction of sp³-hybridized carbons (Fsp3) is 0.200. The molecule has 0 aliphatic heterocycles. The van der Waals surface area contributed by atoms with E-state index in [1.165, 1.54) is 4.90 Å². The van der Waals surface area contributed by atoms with E-state index in [-0.39, 0.29) is 108 Å². The molecule has 1 rings (SSSR count). The Balaban J connectivity index is 0. The third kappa shape index (κ3) is 9.75. The predicted molar refractivity (Wildman–Crippen MR) is 51.4 cm³/mol. The summed E-state index contributed by atoms with van der Waals surface area (Å²) in [6.45, 7) is 9.84. The molecule has 0 N–H and O–H groups in total. The summed E-state index contributed by atoms with van der Waals surface area (Å²) in [5.74, 6) is 0. The van der Waals surface area contributed by atoms with Gasteiger partial charge in [-0.25, -0.2) is 4.75 Å². The van der Waals surface area contributed by atoms with Gasteiger partial charge in [0.25, 0.3) is 0 Å². The molecule has 0 radical (unpaired) electrons. The van der Waals surface area contributed by atoms with Gasteiger partial charge in [-0.05, 0) is 12.1 Å². The molecule has 0 amide bonds. The maximum Gasteiger partial charge on any atom is 1.00 e. The molecule has 3 heteroatoms. The van der Waals surface area contributed by atoms with E-state index in [0.717, 1.165) is 0 Å². The first kappa shape index (κ1) is 18.2. The van der Waals surface area contributed by atoms with Crippen molar-refractivity contribution in [3.8, 4) is 0 Å². The quantitative estimate of drug-likeness (QED) is 0.307. The Hall–Kier alpha value is 2.84. The molecule has 0 atom stereocenters. The smallest absolute Gasteiger partial charge is 0.357 e. The average molecular weight is 242 g/mol. The van der Waals surface area contributed by atoms with Gasteiger partial charge in [-0.2, -0.15) is 11.8 Å². The van der Waals surface area contributed by atoms with Crippen LogP contribution in [0.3, 0.4) is 0 Å². The van der Waals surface area contributed by atoms with Crippen LogP contribution in [0, 0.1) is 13.8 Å².